The van der Waals surface area contributed by atoms with E-state index < -0.39 is 24.1 Å². The predicted molar refractivity (Wildman–Crippen MR) is 87.2 cm³/mol. The maximum absolute atomic E-state index is 12.5. The molecule has 0 aromatic heterocycles. The molecule has 0 fully saturated rings. The van der Waals surface area contributed by atoms with Crippen molar-refractivity contribution in [3.63, 3.8) is 0 Å². The summed E-state index contributed by atoms with van der Waals surface area (Å²) in [4.78, 5) is 1.95. The second kappa shape index (κ2) is 6.56. The van der Waals surface area contributed by atoms with Gasteiger partial charge in [0.1, 0.15) is 5.75 Å². The fourth-order valence-corrected chi connectivity index (χ4v) is 5.27. The Morgan fingerprint density at radius 2 is 1.29 bits per heavy atom. The van der Waals surface area contributed by atoms with E-state index in [9.17, 15) is 16.8 Å². The normalized spacial score (nSPS) is 11.6. The van der Waals surface area contributed by atoms with E-state index in [-0.39, 0.29) is 9.79 Å². The van der Waals surface area contributed by atoms with E-state index in [1.165, 1.54) is 55.6 Å². The molecular weight excluding hydrogens is 352 g/mol. The van der Waals surface area contributed by atoms with Crippen LogP contribution < -0.4 is 4.74 Å². The molecule has 0 spiro atoms. The minimum Gasteiger partial charge on any atom is -0.497 e. The zero-order valence-electron chi connectivity index (χ0n) is 12.9. The lowest BCUT2D eigenvalue weighted by atomic mass is 10.2. The highest BCUT2D eigenvalue weighted by molar-refractivity contribution is 8.31. The van der Waals surface area contributed by atoms with Gasteiger partial charge in [0.25, 0.3) is 19.7 Å². The van der Waals surface area contributed by atoms with Crippen LogP contribution in [0.3, 0.4) is 0 Å². The summed E-state index contributed by atoms with van der Waals surface area (Å²) in [6.07, 6.45) is 0. The molecule has 0 saturated heterocycles. The van der Waals surface area contributed by atoms with Crippen molar-refractivity contribution in [2.45, 2.75) is 16.7 Å². The Bertz CT molecular complexity index is 1000. The zero-order valence-corrected chi connectivity index (χ0v) is 14.5. The molecule has 0 N–H and O–H groups in total. The lowest BCUT2D eigenvalue weighted by Gasteiger charge is -2.04. The van der Waals surface area contributed by atoms with Gasteiger partial charge in [0.05, 0.1) is 16.9 Å². The van der Waals surface area contributed by atoms with Crippen molar-refractivity contribution < 1.29 is 26.4 Å². The fraction of sp³-hybridized carbons (Fsp3) is 0.133. The van der Waals surface area contributed by atoms with Crippen LogP contribution in [0.25, 0.3) is 5.53 Å². The number of ether oxygens (including phenoxy) is 1. The maximum Gasteiger partial charge on any atom is 0.504 e. The number of hydrogen-bond donors (Lipinski definition) is 0. The highest BCUT2D eigenvalue weighted by Crippen LogP contribution is 2.22. The summed E-state index contributed by atoms with van der Waals surface area (Å²) < 4.78 is 53.7. The van der Waals surface area contributed by atoms with E-state index in [0.29, 0.717) is 5.75 Å². The lowest BCUT2D eigenvalue weighted by molar-refractivity contribution is 0.00380. The van der Waals surface area contributed by atoms with Crippen molar-refractivity contribution in [2.75, 3.05) is 7.11 Å². The van der Waals surface area contributed by atoms with Gasteiger partial charge in [-0.2, -0.15) is 0 Å². The van der Waals surface area contributed by atoms with E-state index in [2.05, 4.69) is 4.79 Å². The van der Waals surface area contributed by atoms with E-state index in [0.717, 1.165) is 5.56 Å². The Morgan fingerprint density at radius 1 is 0.875 bits per heavy atom. The Morgan fingerprint density at radius 3 is 1.67 bits per heavy atom. The van der Waals surface area contributed by atoms with Crippen LogP contribution in [-0.2, 0) is 19.7 Å². The van der Waals surface area contributed by atoms with Crippen molar-refractivity contribution >= 4 is 24.1 Å². The summed E-state index contributed by atoms with van der Waals surface area (Å²) in [6.45, 7) is 1.76. The van der Waals surface area contributed by atoms with Crippen molar-refractivity contribution in [1.29, 1.82) is 0 Å². The summed E-state index contributed by atoms with van der Waals surface area (Å²) >= 11 is 0. The van der Waals surface area contributed by atoms with E-state index in [1.807, 2.05) is 0 Å². The van der Waals surface area contributed by atoms with Crippen LogP contribution in [0.2, 0.25) is 0 Å². The standard InChI is InChI=1S/C15H14N2O5S2/c1-11-3-7-13(8-4-11)23(18,19)15(17-16)24(20,21)14-9-5-12(22-2)6-10-14/h3-10H,1-2H3. The summed E-state index contributed by atoms with van der Waals surface area (Å²) in [5.41, 5.74) is 9.88. The third-order valence-electron chi connectivity index (χ3n) is 3.24. The number of nitrogens with zero attached hydrogens (tertiary/aromatic N) is 2. The van der Waals surface area contributed by atoms with Gasteiger partial charge in [0.15, 0.2) is 0 Å². The molecule has 0 aliphatic rings. The molecule has 0 aliphatic heterocycles. The quantitative estimate of drug-likeness (QED) is 0.356. The first-order valence-electron chi connectivity index (χ1n) is 6.66. The number of benzene rings is 2. The van der Waals surface area contributed by atoms with E-state index in [1.54, 1.807) is 6.92 Å². The lowest BCUT2D eigenvalue weighted by Crippen LogP contribution is -2.26. The van der Waals surface area contributed by atoms with Crippen molar-refractivity contribution in [1.82, 2.24) is 0 Å². The van der Waals surface area contributed by atoms with Crippen LogP contribution in [-0.4, -0.2) is 33.1 Å². The SMILES string of the molecule is COc1ccc(S(=O)(=O)C(=[N+]=[N-])S(=O)(=O)c2ccc(C)cc2)cc1. The molecule has 0 saturated carbocycles. The molecule has 2 aromatic carbocycles. The number of methoxy groups -OCH3 is 1. The molecule has 24 heavy (non-hydrogen) atoms. The molecule has 0 heterocycles. The summed E-state index contributed by atoms with van der Waals surface area (Å²) in [5, 5.41) is 0. The molecular formula is C15H14N2O5S2. The van der Waals surface area contributed by atoms with Crippen LogP contribution in [0, 0.1) is 6.92 Å². The molecule has 7 nitrogen and oxygen atoms in total. The van der Waals surface area contributed by atoms with E-state index in [4.69, 9.17) is 10.3 Å². The summed E-state index contributed by atoms with van der Waals surface area (Å²) in [5.74, 6) is 0.401. The molecule has 2 rings (SSSR count). The molecule has 0 radical (unpaired) electrons. The monoisotopic (exact) mass is 366 g/mol. The van der Waals surface area contributed by atoms with Gasteiger partial charge >= 0.3 is 4.38 Å². The van der Waals surface area contributed by atoms with Crippen molar-refractivity contribution in [2.24, 2.45) is 0 Å². The number of sulfone groups is 2. The number of rotatable bonds is 3. The predicted octanol–water partition coefficient (Wildman–Crippen LogP) is 1.84. The summed E-state index contributed by atoms with van der Waals surface area (Å²) in [7, 11) is -7.64. The number of aryl methyl sites for hydroxylation is 1. The molecule has 9 heteroatoms. The zero-order chi connectivity index (χ0) is 18.0. The van der Waals surface area contributed by atoms with Gasteiger partial charge in [0.2, 0.25) is 0 Å². The van der Waals surface area contributed by atoms with Crippen LogP contribution >= 0.6 is 0 Å². The molecule has 0 atom stereocenters. The highest BCUT2D eigenvalue weighted by Gasteiger charge is 2.43. The second-order valence-corrected chi connectivity index (χ2v) is 8.85. The van der Waals surface area contributed by atoms with Gasteiger partial charge in [-0.05, 0) is 43.3 Å². The molecule has 0 bridgehead atoms. The molecule has 0 amide bonds. The third kappa shape index (κ3) is 3.23. The first-order valence-corrected chi connectivity index (χ1v) is 9.63. The maximum atomic E-state index is 12.5. The Kier molecular flexibility index (Phi) is 4.88. The minimum atomic E-state index is -4.54. The van der Waals surface area contributed by atoms with Crippen LogP contribution in [0.15, 0.2) is 58.3 Å². The molecule has 126 valence electrons. The van der Waals surface area contributed by atoms with Crippen LogP contribution in [0.4, 0.5) is 0 Å². The van der Waals surface area contributed by atoms with Crippen LogP contribution in [0.1, 0.15) is 5.56 Å². The average molecular weight is 366 g/mol. The highest BCUT2D eigenvalue weighted by atomic mass is 32.3. The van der Waals surface area contributed by atoms with Gasteiger partial charge in [-0.3, -0.25) is 0 Å². The van der Waals surface area contributed by atoms with Crippen molar-refractivity contribution in [3.05, 3.63) is 59.6 Å². The van der Waals surface area contributed by atoms with Gasteiger partial charge < -0.3 is 10.3 Å². The summed E-state index contributed by atoms with van der Waals surface area (Å²) in [6, 6.07) is 10.6. The van der Waals surface area contributed by atoms with Gasteiger partial charge in [-0.25, -0.2) is 16.8 Å². The molecule has 0 unspecified atom stereocenters. The smallest absolute Gasteiger partial charge is 0.497 e. The van der Waals surface area contributed by atoms with Crippen molar-refractivity contribution in [3.8, 4) is 5.75 Å². The number of hydrogen-bond acceptors (Lipinski definition) is 5. The Labute approximate surface area is 140 Å². The minimum absolute atomic E-state index is 0.280. The first-order chi connectivity index (χ1) is 11.2. The van der Waals surface area contributed by atoms with Crippen LogP contribution in [0.5, 0.6) is 5.75 Å². The third-order valence-corrected chi connectivity index (χ3v) is 7.43. The Hall–Kier alpha value is -2.48. The second-order valence-electron chi connectivity index (χ2n) is 4.86. The average Bonchev–Trinajstić information content (AvgIpc) is 2.55. The topological polar surface area (TPSA) is 114 Å². The fourth-order valence-electron chi connectivity index (χ4n) is 1.93. The Balaban J connectivity index is 2.57. The molecule has 0 aliphatic carbocycles. The van der Waals surface area contributed by atoms with Gasteiger partial charge in [-0.1, -0.05) is 17.7 Å². The van der Waals surface area contributed by atoms with Gasteiger partial charge in [-0.15, -0.1) is 4.79 Å². The first kappa shape index (κ1) is 17.9. The van der Waals surface area contributed by atoms with E-state index >= 15 is 0 Å². The largest absolute Gasteiger partial charge is 0.504 e. The van der Waals surface area contributed by atoms with Gasteiger partial charge in [0, 0.05) is 0 Å². The molecule has 2 aromatic rings.